The molecular weight excluding hydrogens is 164 g/mol. The standard InChI is InChI=1S/C10H14N2O/c1-7-5-6-9(13-4)12-10(7)8(2)11-3/h5-6H,1-4H3. The van der Waals surface area contributed by atoms with Gasteiger partial charge >= 0.3 is 0 Å². The van der Waals surface area contributed by atoms with Crippen LogP contribution in [0.25, 0.3) is 0 Å². The third-order valence-corrected chi connectivity index (χ3v) is 1.96. The molecule has 0 atom stereocenters. The lowest BCUT2D eigenvalue weighted by Crippen LogP contribution is -2.03. The van der Waals surface area contributed by atoms with Crippen molar-refractivity contribution in [1.29, 1.82) is 0 Å². The largest absolute Gasteiger partial charge is 0.481 e. The van der Waals surface area contributed by atoms with Crippen LogP contribution in [0, 0.1) is 6.92 Å². The first-order valence-electron chi connectivity index (χ1n) is 4.14. The summed E-state index contributed by atoms with van der Waals surface area (Å²) in [5.74, 6) is 0.628. The van der Waals surface area contributed by atoms with E-state index in [4.69, 9.17) is 4.74 Å². The van der Waals surface area contributed by atoms with E-state index in [-0.39, 0.29) is 0 Å². The Kier molecular flexibility index (Phi) is 3.01. The van der Waals surface area contributed by atoms with Gasteiger partial charge in [-0.3, -0.25) is 4.99 Å². The number of pyridine rings is 1. The molecule has 1 rings (SSSR count). The van der Waals surface area contributed by atoms with Crippen LogP contribution in [-0.4, -0.2) is 24.9 Å². The maximum atomic E-state index is 5.04. The Hall–Kier alpha value is -1.38. The first-order chi connectivity index (χ1) is 6.19. The second-order valence-corrected chi connectivity index (χ2v) is 2.83. The van der Waals surface area contributed by atoms with Crippen LogP contribution in [0.4, 0.5) is 0 Å². The lowest BCUT2D eigenvalue weighted by atomic mass is 10.1. The van der Waals surface area contributed by atoms with E-state index in [1.54, 1.807) is 14.2 Å². The Balaban J connectivity index is 3.19. The molecule has 3 nitrogen and oxygen atoms in total. The van der Waals surface area contributed by atoms with E-state index in [2.05, 4.69) is 9.98 Å². The third-order valence-electron chi connectivity index (χ3n) is 1.96. The van der Waals surface area contributed by atoms with Gasteiger partial charge in [0.05, 0.1) is 18.5 Å². The second-order valence-electron chi connectivity index (χ2n) is 2.83. The van der Waals surface area contributed by atoms with Gasteiger partial charge in [-0.15, -0.1) is 0 Å². The van der Waals surface area contributed by atoms with Gasteiger partial charge in [0.1, 0.15) is 0 Å². The topological polar surface area (TPSA) is 34.5 Å². The van der Waals surface area contributed by atoms with E-state index < -0.39 is 0 Å². The predicted octanol–water partition coefficient (Wildman–Crippen LogP) is 1.84. The maximum absolute atomic E-state index is 5.04. The van der Waals surface area contributed by atoms with Crippen molar-refractivity contribution >= 4 is 5.71 Å². The molecule has 0 saturated heterocycles. The summed E-state index contributed by atoms with van der Waals surface area (Å²) in [6.07, 6.45) is 0. The lowest BCUT2D eigenvalue weighted by Gasteiger charge is -2.05. The molecular formula is C10H14N2O. The molecule has 0 aliphatic heterocycles. The van der Waals surface area contributed by atoms with Crippen LogP contribution in [-0.2, 0) is 0 Å². The highest BCUT2D eigenvalue weighted by molar-refractivity contribution is 5.98. The van der Waals surface area contributed by atoms with Gasteiger partial charge < -0.3 is 4.74 Å². The van der Waals surface area contributed by atoms with Crippen molar-refractivity contribution in [2.45, 2.75) is 13.8 Å². The number of aliphatic imine (C=N–C) groups is 1. The first-order valence-corrected chi connectivity index (χ1v) is 4.14. The fourth-order valence-electron chi connectivity index (χ4n) is 1.10. The highest BCUT2D eigenvalue weighted by Gasteiger charge is 2.04. The molecule has 3 heteroatoms. The minimum absolute atomic E-state index is 0.628. The van der Waals surface area contributed by atoms with Crippen molar-refractivity contribution in [3.8, 4) is 5.88 Å². The number of rotatable bonds is 2. The van der Waals surface area contributed by atoms with E-state index in [1.165, 1.54) is 0 Å². The Morgan fingerprint density at radius 3 is 2.69 bits per heavy atom. The minimum atomic E-state index is 0.628. The molecule has 70 valence electrons. The molecule has 0 aliphatic rings. The lowest BCUT2D eigenvalue weighted by molar-refractivity contribution is 0.397. The predicted molar refractivity (Wildman–Crippen MR) is 53.7 cm³/mol. The zero-order valence-corrected chi connectivity index (χ0v) is 8.46. The van der Waals surface area contributed by atoms with Crippen molar-refractivity contribution in [1.82, 2.24) is 4.98 Å². The molecule has 0 fully saturated rings. The fraction of sp³-hybridized carbons (Fsp3) is 0.400. The Labute approximate surface area is 78.5 Å². The van der Waals surface area contributed by atoms with Gasteiger partial charge in [-0.05, 0) is 19.4 Å². The first kappa shape index (κ1) is 9.71. The summed E-state index contributed by atoms with van der Waals surface area (Å²) in [7, 11) is 3.37. The van der Waals surface area contributed by atoms with Gasteiger partial charge in [0.15, 0.2) is 0 Å². The van der Waals surface area contributed by atoms with Crippen LogP contribution in [0.3, 0.4) is 0 Å². The van der Waals surface area contributed by atoms with E-state index in [0.29, 0.717) is 5.88 Å². The van der Waals surface area contributed by atoms with Crippen molar-refractivity contribution in [3.05, 3.63) is 23.4 Å². The summed E-state index contributed by atoms with van der Waals surface area (Å²) in [5, 5.41) is 0. The molecule has 1 aromatic rings. The van der Waals surface area contributed by atoms with E-state index in [0.717, 1.165) is 17.0 Å². The Morgan fingerprint density at radius 2 is 2.15 bits per heavy atom. The van der Waals surface area contributed by atoms with E-state index >= 15 is 0 Å². The highest BCUT2D eigenvalue weighted by Crippen LogP contribution is 2.12. The normalized spacial score (nSPS) is 11.5. The summed E-state index contributed by atoms with van der Waals surface area (Å²) >= 11 is 0. The molecule has 1 aromatic heterocycles. The molecule has 0 bridgehead atoms. The summed E-state index contributed by atoms with van der Waals surface area (Å²) < 4.78 is 5.04. The number of methoxy groups -OCH3 is 1. The fourth-order valence-corrected chi connectivity index (χ4v) is 1.10. The van der Waals surface area contributed by atoms with Crippen molar-refractivity contribution in [2.24, 2.45) is 4.99 Å². The molecule has 1 heterocycles. The summed E-state index contributed by atoms with van der Waals surface area (Å²) in [6, 6.07) is 3.83. The molecule has 0 aliphatic carbocycles. The monoisotopic (exact) mass is 178 g/mol. The molecule has 0 radical (unpaired) electrons. The van der Waals surface area contributed by atoms with Crippen LogP contribution in [0.15, 0.2) is 17.1 Å². The van der Waals surface area contributed by atoms with Crippen LogP contribution in [0.5, 0.6) is 5.88 Å². The van der Waals surface area contributed by atoms with Gasteiger partial charge in [0.25, 0.3) is 0 Å². The number of hydrogen-bond acceptors (Lipinski definition) is 3. The van der Waals surface area contributed by atoms with Gasteiger partial charge in [0.2, 0.25) is 5.88 Å². The number of ether oxygens (including phenoxy) is 1. The number of aryl methyl sites for hydroxylation is 1. The minimum Gasteiger partial charge on any atom is -0.481 e. The third kappa shape index (κ3) is 2.05. The smallest absolute Gasteiger partial charge is 0.213 e. The molecule has 0 amide bonds. The van der Waals surface area contributed by atoms with Crippen molar-refractivity contribution in [3.63, 3.8) is 0 Å². The molecule has 0 unspecified atom stereocenters. The Morgan fingerprint density at radius 1 is 1.46 bits per heavy atom. The van der Waals surface area contributed by atoms with Gasteiger partial charge in [-0.2, -0.15) is 0 Å². The van der Waals surface area contributed by atoms with Gasteiger partial charge in [0, 0.05) is 13.1 Å². The zero-order valence-electron chi connectivity index (χ0n) is 8.46. The van der Waals surface area contributed by atoms with Crippen LogP contribution in [0.1, 0.15) is 18.2 Å². The molecule has 0 spiro atoms. The molecule has 0 saturated carbocycles. The summed E-state index contributed by atoms with van der Waals surface area (Å²) in [6.45, 7) is 3.95. The van der Waals surface area contributed by atoms with Crippen LogP contribution < -0.4 is 4.74 Å². The van der Waals surface area contributed by atoms with E-state index in [1.807, 2.05) is 26.0 Å². The van der Waals surface area contributed by atoms with Crippen LogP contribution >= 0.6 is 0 Å². The SMILES string of the molecule is CN=C(C)c1nc(OC)ccc1C. The van der Waals surface area contributed by atoms with Crippen molar-refractivity contribution < 1.29 is 4.74 Å². The average Bonchev–Trinajstić information content (AvgIpc) is 2.17. The number of hydrogen-bond donors (Lipinski definition) is 0. The van der Waals surface area contributed by atoms with Gasteiger partial charge in [-0.1, -0.05) is 6.07 Å². The Bertz CT molecular complexity index is 332. The molecule has 0 N–H and O–H groups in total. The molecule has 13 heavy (non-hydrogen) atoms. The quantitative estimate of drug-likeness (QED) is 0.647. The van der Waals surface area contributed by atoms with Crippen LogP contribution in [0.2, 0.25) is 0 Å². The second kappa shape index (κ2) is 4.03. The zero-order chi connectivity index (χ0) is 9.84. The van der Waals surface area contributed by atoms with Crippen molar-refractivity contribution in [2.75, 3.05) is 14.2 Å². The summed E-state index contributed by atoms with van der Waals surface area (Å²) in [4.78, 5) is 8.40. The number of nitrogens with zero attached hydrogens (tertiary/aromatic N) is 2. The average molecular weight is 178 g/mol. The maximum Gasteiger partial charge on any atom is 0.213 e. The highest BCUT2D eigenvalue weighted by atomic mass is 16.5. The summed E-state index contributed by atoms with van der Waals surface area (Å²) in [5.41, 5.74) is 2.95. The van der Waals surface area contributed by atoms with Gasteiger partial charge in [-0.25, -0.2) is 4.98 Å². The number of aromatic nitrogens is 1. The van der Waals surface area contributed by atoms with E-state index in [9.17, 15) is 0 Å². The molecule has 0 aromatic carbocycles.